The molecule has 1 fully saturated rings. The molecule has 0 spiro atoms. The molecule has 2 aromatic rings. The number of carbonyl (C=O) groups excluding carboxylic acids is 1. The van der Waals surface area contributed by atoms with Crippen LogP contribution >= 0.6 is 23.2 Å². The van der Waals surface area contributed by atoms with Crippen molar-refractivity contribution in [2.24, 2.45) is 0 Å². The van der Waals surface area contributed by atoms with Gasteiger partial charge in [-0.15, -0.1) is 10.2 Å². The molecule has 0 unspecified atom stereocenters. The van der Waals surface area contributed by atoms with Gasteiger partial charge in [0.1, 0.15) is 0 Å². The summed E-state index contributed by atoms with van der Waals surface area (Å²) in [6.07, 6.45) is 4.89. The first-order chi connectivity index (χ1) is 11.6. The van der Waals surface area contributed by atoms with Crippen molar-refractivity contribution < 1.29 is 4.79 Å². The highest BCUT2D eigenvalue weighted by molar-refractivity contribution is 6.42. The Balaban J connectivity index is 1.67. The summed E-state index contributed by atoms with van der Waals surface area (Å²) >= 11 is 11.8. The summed E-state index contributed by atoms with van der Waals surface area (Å²) in [5, 5.41) is 11.8. The van der Waals surface area contributed by atoms with Crippen molar-refractivity contribution in [3.05, 3.63) is 45.9 Å². The predicted octanol–water partition coefficient (Wildman–Crippen LogP) is 4.42. The quantitative estimate of drug-likeness (QED) is 0.875. The fourth-order valence-corrected chi connectivity index (χ4v) is 2.98. The molecule has 0 saturated carbocycles. The molecule has 3 rings (SSSR count). The molecule has 5 nitrogen and oxygen atoms in total. The van der Waals surface area contributed by atoms with Crippen molar-refractivity contribution in [2.75, 3.05) is 23.3 Å². The van der Waals surface area contributed by atoms with Gasteiger partial charge in [0.2, 0.25) is 0 Å². The molecule has 0 radical (unpaired) electrons. The van der Waals surface area contributed by atoms with Gasteiger partial charge in [0.05, 0.1) is 10.0 Å². The largest absolute Gasteiger partial charge is 0.355 e. The van der Waals surface area contributed by atoms with Gasteiger partial charge in [0.15, 0.2) is 11.6 Å². The maximum Gasteiger partial charge on any atom is 0.256 e. The van der Waals surface area contributed by atoms with E-state index in [9.17, 15) is 4.79 Å². The summed E-state index contributed by atoms with van der Waals surface area (Å²) in [7, 11) is 0. The molecule has 1 aliphatic rings. The van der Waals surface area contributed by atoms with Gasteiger partial charge in [-0.3, -0.25) is 4.79 Å². The molecule has 1 N–H and O–H groups in total. The first-order valence-electron chi connectivity index (χ1n) is 7.98. The second kappa shape index (κ2) is 7.81. The Kier molecular flexibility index (Phi) is 5.53. The van der Waals surface area contributed by atoms with Crippen LogP contribution in [0.4, 0.5) is 11.6 Å². The molecule has 126 valence electrons. The number of hydrogen-bond acceptors (Lipinski definition) is 4. The average Bonchev–Trinajstić information content (AvgIpc) is 2.87. The summed E-state index contributed by atoms with van der Waals surface area (Å²) < 4.78 is 0. The van der Waals surface area contributed by atoms with Gasteiger partial charge in [-0.1, -0.05) is 36.0 Å². The topological polar surface area (TPSA) is 58.1 Å². The van der Waals surface area contributed by atoms with Crippen LogP contribution in [0.3, 0.4) is 0 Å². The molecular formula is C17H18Cl2N4O. The molecule has 0 atom stereocenters. The Hall–Kier alpha value is -1.85. The van der Waals surface area contributed by atoms with Gasteiger partial charge in [0.25, 0.3) is 5.91 Å². The van der Waals surface area contributed by atoms with E-state index in [1.165, 1.54) is 31.7 Å². The van der Waals surface area contributed by atoms with Crippen LogP contribution < -0.4 is 10.2 Å². The maximum atomic E-state index is 12.2. The van der Waals surface area contributed by atoms with E-state index in [0.29, 0.717) is 21.4 Å². The molecule has 24 heavy (non-hydrogen) atoms. The SMILES string of the molecule is O=C(Nc1ccc(N2CCCCCC2)nn1)c1ccc(Cl)c(Cl)c1. The Morgan fingerprint density at radius 3 is 2.33 bits per heavy atom. The molecule has 1 amide bonds. The summed E-state index contributed by atoms with van der Waals surface area (Å²) in [4.78, 5) is 14.5. The molecule has 1 saturated heterocycles. The van der Waals surface area contributed by atoms with Crippen LogP contribution in [0.15, 0.2) is 30.3 Å². The first-order valence-corrected chi connectivity index (χ1v) is 8.74. The number of nitrogens with one attached hydrogen (secondary N) is 1. The molecule has 0 aliphatic carbocycles. The third-order valence-electron chi connectivity index (χ3n) is 4.00. The number of rotatable bonds is 3. The number of nitrogens with zero attached hydrogens (tertiary/aromatic N) is 3. The standard InChI is InChI=1S/C17H18Cl2N4O/c18-13-6-5-12(11-14(13)19)17(24)20-15-7-8-16(22-21-15)23-9-3-1-2-4-10-23/h5-8,11H,1-4,9-10H2,(H,20,21,24). The highest BCUT2D eigenvalue weighted by Crippen LogP contribution is 2.23. The van der Waals surface area contributed by atoms with Gasteiger partial charge < -0.3 is 10.2 Å². The molecule has 7 heteroatoms. The minimum atomic E-state index is -0.301. The number of benzene rings is 1. The summed E-state index contributed by atoms with van der Waals surface area (Å²) in [6.45, 7) is 2.01. The monoisotopic (exact) mass is 364 g/mol. The van der Waals surface area contributed by atoms with Crippen LogP contribution in [0.2, 0.25) is 10.0 Å². The van der Waals surface area contributed by atoms with Crippen LogP contribution in [0.25, 0.3) is 0 Å². The smallest absolute Gasteiger partial charge is 0.256 e. The summed E-state index contributed by atoms with van der Waals surface area (Å²) in [5.41, 5.74) is 0.419. The lowest BCUT2D eigenvalue weighted by molar-refractivity contribution is 0.102. The van der Waals surface area contributed by atoms with Crippen LogP contribution in [0, 0.1) is 0 Å². The number of aromatic nitrogens is 2. The van der Waals surface area contributed by atoms with Crippen LogP contribution in [0.5, 0.6) is 0 Å². The minimum absolute atomic E-state index is 0.301. The Morgan fingerprint density at radius 2 is 1.71 bits per heavy atom. The van der Waals surface area contributed by atoms with E-state index >= 15 is 0 Å². The van der Waals surface area contributed by atoms with Crippen LogP contribution in [0.1, 0.15) is 36.0 Å². The van der Waals surface area contributed by atoms with E-state index in [2.05, 4.69) is 20.4 Å². The molecule has 1 aromatic carbocycles. The second-order valence-electron chi connectivity index (χ2n) is 5.76. The van der Waals surface area contributed by atoms with E-state index in [-0.39, 0.29) is 5.91 Å². The number of hydrogen-bond donors (Lipinski definition) is 1. The highest BCUT2D eigenvalue weighted by Gasteiger charge is 2.13. The zero-order valence-corrected chi connectivity index (χ0v) is 14.6. The Bertz CT molecular complexity index is 713. The van der Waals surface area contributed by atoms with Crippen molar-refractivity contribution in [1.82, 2.24) is 10.2 Å². The molecule has 1 aliphatic heterocycles. The van der Waals surface area contributed by atoms with Crippen LogP contribution in [-0.2, 0) is 0 Å². The van der Waals surface area contributed by atoms with Crippen LogP contribution in [-0.4, -0.2) is 29.2 Å². The third kappa shape index (κ3) is 4.16. The minimum Gasteiger partial charge on any atom is -0.355 e. The molecular weight excluding hydrogens is 347 g/mol. The predicted molar refractivity (Wildman–Crippen MR) is 97.1 cm³/mol. The summed E-state index contributed by atoms with van der Waals surface area (Å²) in [5.74, 6) is 0.958. The van der Waals surface area contributed by atoms with Crippen molar-refractivity contribution in [3.8, 4) is 0 Å². The fourth-order valence-electron chi connectivity index (χ4n) is 2.69. The van der Waals surface area contributed by atoms with Gasteiger partial charge in [-0.2, -0.15) is 0 Å². The van der Waals surface area contributed by atoms with Gasteiger partial charge in [-0.25, -0.2) is 0 Å². The zero-order chi connectivity index (χ0) is 16.9. The first kappa shape index (κ1) is 17.0. The molecule has 2 heterocycles. The highest BCUT2D eigenvalue weighted by atomic mass is 35.5. The lowest BCUT2D eigenvalue weighted by atomic mass is 10.2. The third-order valence-corrected chi connectivity index (χ3v) is 4.74. The zero-order valence-electron chi connectivity index (χ0n) is 13.1. The van der Waals surface area contributed by atoms with Gasteiger partial charge in [-0.05, 0) is 43.2 Å². The normalized spacial score (nSPS) is 15.0. The van der Waals surface area contributed by atoms with Gasteiger partial charge in [0, 0.05) is 18.7 Å². The molecule has 1 aromatic heterocycles. The average molecular weight is 365 g/mol. The van der Waals surface area contributed by atoms with Gasteiger partial charge >= 0.3 is 0 Å². The lowest BCUT2D eigenvalue weighted by Crippen LogP contribution is -2.25. The Labute approximate surface area is 151 Å². The van der Waals surface area contributed by atoms with Crippen molar-refractivity contribution in [3.63, 3.8) is 0 Å². The number of halogens is 2. The van der Waals surface area contributed by atoms with Crippen molar-refractivity contribution >= 4 is 40.7 Å². The number of amides is 1. The van der Waals surface area contributed by atoms with Crippen molar-refractivity contribution in [2.45, 2.75) is 25.7 Å². The number of carbonyl (C=O) groups is 1. The maximum absolute atomic E-state index is 12.2. The second-order valence-corrected chi connectivity index (χ2v) is 6.58. The van der Waals surface area contributed by atoms with E-state index in [1.54, 1.807) is 18.2 Å². The fraction of sp³-hybridized carbons (Fsp3) is 0.353. The van der Waals surface area contributed by atoms with Crippen molar-refractivity contribution in [1.29, 1.82) is 0 Å². The Morgan fingerprint density at radius 1 is 0.958 bits per heavy atom. The molecule has 0 bridgehead atoms. The van der Waals surface area contributed by atoms with E-state index < -0.39 is 0 Å². The van der Waals surface area contributed by atoms with E-state index in [4.69, 9.17) is 23.2 Å². The summed E-state index contributed by atoms with van der Waals surface area (Å²) in [6, 6.07) is 8.39. The number of anilines is 2. The lowest BCUT2D eigenvalue weighted by Gasteiger charge is -2.20. The van der Waals surface area contributed by atoms with E-state index in [1.807, 2.05) is 6.07 Å². The van der Waals surface area contributed by atoms with E-state index in [0.717, 1.165) is 18.9 Å².